The van der Waals surface area contributed by atoms with Gasteiger partial charge in [-0.1, -0.05) is 17.7 Å². The molecule has 1 aromatic carbocycles. The van der Waals surface area contributed by atoms with Crippen molar-refractivity contribution in [1.29, 1.82) is 0 Å². The summed E-state index contributed by atoms with van der Waals surface area (Å²) in [7, 11) is 0. The van der Waals surface area contributed by atoms with Gasteiger partial charge < -0.3 is 15.5 Å². The van der Waals surface area contributed by atoms with Gasteiger partial charge in [0.15, 0.2) is 0 Å². The molecule has 1 aromatic heterocycles. The first-order chi connectivity index (χ1) is 14.2. The molecule has 1 fully saturated rings. The number of hydrogen-bond donors (Lipinski definition) is 2. The largest absolute Gasteiger partial charge is 0.356 e. The number of fused-ring (bicyclic) bond motifs is 1. The SMILES string of the molecule is Cc1nc(N2CCCC(F)(F)CC2)c(C(=O)Nc2ccc3c(c2)C(=O)NC3)cc1Cl. The van der Waals surface area contributed by atoms with Gasteiger partial charge in [0.25, 0.3) is 11.8 Å². The highest BCUT2D eigenvalue weighted by molar-refractivity contribution is 6.31. The molecule has 3 heterocycles. The summed E-state index contributed by atoms with van der Waals surface area (Å²) in [6, 6.07) is 6.62. The molecule has 1 saturated heterocycles. The Morgan fingerprint density at radius 1 is 1.27 bits per heavy atom. The molecule has 0 saturated carbocycles. The van der Waals surface area contributed by atoms with E-state index in [-0.39, 0.29) is 30.9 Å². The number of amides is 2. The maximum absolute atomic E-state index is 13.8. The predicted octanol–water partition coefficient (Wildman–Crippen LogP) is 4.16. The molecule has 0 radical (unpaired) electrons. The molecule has 2 aromatic rings. The topological polar surface area (TPSA) is 74.3 Å². The first kappa shape index (κ1) is 20.5. The standard InChI is InChI=1S/C21H21ClF2N4O2/c1-12-17(22)10-16(18(26-12)28-7-2-5-21(23,24)6-8-28)20(30)27-14-4-3-13-11-25-19(29)15(13)9-14/h3-4,9-10H,2,5-8,11H2,1H3,(H,25,29)(H,27,30). The number of carbonyl (C=O) groups excluding carboxylic acids is 2. The first-order valence-corrected chi connectivity index (χ1v) is 10.1. The zero-order valence-electron chi connectivity index (χ0n) is 16.4. The lowest BCUT2D eigenvalue weighted by atomic mass is 10.1. The van der Waals surface area contributed by atoms with Gasteiger partial charge >= 0.3 is 0 Å². The lowest BCUT2D eigenvalue weighted by Gasteiger charge is -2.24. The molecule has 2 N–H and O–H groups in total. The van der Waals surface area contributed by atoms with Crippen LogP contribution in [0.2, 0.25) is 5.02 Å². The van der Waals surface area contributed by atoms with E-state index in [0.29, 0.717) is 47.3 Å². The van der Waals surface area contributed by atoms with E-state index in [1.54, 1.807) is 30.0 Å². The van der Waals surface area contributed by atoms with Crippen molar-refractivity contribution in [2.75, 3.05) is 23.3 Å². The van der Waals surface area contributed by atoms with Crippen LogP contribution in [0.3, 0.4) is 0 Å². The van der Waals surface area contributed by atoms with Crippen LogP contribution in [0, 0.1) is 6.92 Å². The molecule has 158 valence electrons. The Balaban J connectivity index is 1.63. The number of nitrogens with one attached hydrogen (secondary N) is 2. The van der Waals surface area contributed by atoms with E-state index in [1.807, 2.05) is 0 Å². The van der Waals surface area contributed by atoms with E-state index in [4.69, 9.17) is 11.6 Å². The first-order valence-electron chi connectivity index (χ1n) is 9.76. The highest BCUT2D eigenvalue weighted by Gasteiger charge is 2.33. The molecule has 4 rings (SSSR count). The van der Waals surface area contributed by atoms with E-state index >= 15 is 0 Å². The van der Waals surface area contributed by atoms with Crippen molar-refractivity contribution in [1.82, 2.24) is 10.3 Å². The number of rotatable bonds is 3. The number of carbonyl (C=O) groups is 2. The number of hydrogen-bond acceptors (Lipinski definition) is 4. The van der Waals surface area contributed by atoms with Crippen molar-refractivity contribution in [2.45, 2.75) is 38.7 Å². The van der Waals surface area contributed by atoms with Gasteiger partial charge in [-0.25, -0.2) is 13.8 Å². The third-order valence-electron chi connectivity index (χ3n) is 5.45. The number of nitrogens with zero attached hydrogens (tertiary/aromatic N) is 2. The van der Waals surface area contributed by atoms with E-state index < -0.39 is 11.8 Å². The predicted molar refractivity (Wildman–Crippen MR) is 111 cm³/mol. The van der Waals surface area contributed by atoms with Crippen LogP contribution in [-0.2, 0) is 6.54 Å². The quantitative estimate of drug-likeness (QED) is 0.760. The summed E-state index contributed by atoms with van der Waals surface area (Å²) in [5.74, 6) is -3.03. The van der Waals surface area contributed by atoms with Gasteiger partial charge in [-0.05, 0) is 37.1 Å². The van der Waals surface area contributed by atoms with E-state index in [9.17, 15) is 18.4 Å². The third-order valence-corrected chi connectivity index (χ3v) is 5.83. The molecule has 0 aliphatic carbocycles. The Morgan fingerprint density at radius 3 is 2.87 bits per heavy atom. The van der Waals surface area contributed by atoms with Crippen LogP contribution in [0.5, 0.6) is 0 Å². The molecule has 0 unspecified atom stereocenters. The fourth-order valence-electron chi connectivity index (χ4n) is 3.74. The number of alkyl halides is 2. The van der Waals surface area contributed by atoms with Crippen molar-refractivity contribution in [3.8, 4) is 0 Å². The second-order valence-corrected chi connectivity index (χ2v) is 8.04. The Morgan fingerprint density at radius 2 is 2.07 bits per heavy atom. The van der Waals surface area contributed by atoms with Crippen LogP contribution in [0.4, 0.5) is 20.3 Å². The highest BCUT2D eigenvalue weighted by Crippen LogP contribution is 2.32. The molecule has 2 aliphatic heterocycles. The Hall–Kier alpha value is -2.74. The molecule has 2 aliphatic rings. The second-order valence-electron chi connectivity index (χ2n) is 7.63. The van der Waals surface area contributed by atoms with Crippen LogP contribution in [0.15, 0.2) is 24.3 Å². The van der Waals surface area contributed by atoms with Gasteiger partial charge in [0.2, 0.25) is 5.92 Å². The Labute approximate surface area is 177 Å². The summed E-state index contributed by atoms with van der Waals surface area (Å²) in [4.78, 5) is 31.1. The van der Waals surface area contributed by atoms with Crippen molar-refractivity contribution < 1.29 is 18.4 Å². The molecular formula is C21H21ClF2N4O2. The smallest absolute Gasteiger partial charge is 0.259 e. The number of anilines is 2. The molecule has 0 bridgehead atoms. The lowest BCUT2D eigenvalue weighted by molar-refractivity contribution is -0.0102. The van der Waals surface area contributed by atoms with E-state index in [1.165, 1.54) is 6.07 Å². The van der Waals surface area contributed by atoms with Crippen molar-refractivity contribution in [2.24, 2.45) is 0 Å². The van der Waals surface area contributed by atoms with Gasteiger partial charge in [-0.2, -0.15) is 0 Å². The number of pyridine rings is 1. The summed E-state index contributed by atoms with van der Waals surface area (Å²) in [5.41, 5.74) is 2.57. The molecular weight excluding hydrogens is 414 g/mol. The molecule has 30 heavy (non-hydrogen) atoms. The number of aryl methyl sites for hydroxylation is 1. The van der Waals surface area contributed by atoms with E-state index in [0.717, 1.165) is 5.56 Å². The molecule has 9 heteroatoms. The van der Waals surface area contributed by atoms with Crippen LogP contribution < -0.4 is 15.5 Å². The Bertz CT molecular complexity index is 1030. The number of aromatic nitrogens is 1. The maximum Gasteiger partial charge on any atom is 0.259 e. The third kappa shape index (κ3) is 4.09. The fraction of sp³-hybridized carbons (Fsp3) is 0.381. The average Bonchev–Trinajstić information content (AvgIpc) is 2.96. The molecule has 2 amide bonds. The van der Waals surface area contributed by atoms with Crippen LogP contribution in [0.25, 0.3) is 0 Å². The summed E-state index contributed by atoms with van der Waals surface area (Å²) in [6.07, 6.45) is -0.177. The molecule has 0 spiro atoms. The van der Waals surface area contributed by atoms with Crippen LogP contribution >= 0.6 is 11.6 Å². The summed E-state index contributed by atoms with van der Waals surface area (Å²) in [6.45, 7) is 2.64. The monoisotopic (exact) mass is 434 g/mol. The van der Waals surface area contributed by atoms with Gasteiger partial charge in [0.1, 0.15) is 5.82 Å². The maximum atomic E-state index is 13.8. The molecule has 6 nitrogen and oxygen atoms in total. The number of halogens is 3. The fourth-order valence-corrected chi connectivity index (χ4v) is 3.89. The zero-order valence-corrected chi connectivity index (χ0v) is 17.2. The van der Waals surface area contributed by atoms with Gasteiger partial charge in [0.05, 0.1) is 16.3 Å². The zero-order chi connectivity index (χ0) is 21.5. The minimum absolute atomic E-state index is 0.0976. The van der Waals surface area contributed by atoms with Gasteiger partial charge in [-0.15, -0.1) is 0 Å². The highest BCUT2D eigenvalue weighted by atomic mass is 35.5. The lowest BCUT2D eigenvalue weighted by Crippen LogP contribution is -2.29. The molecule has 0 atom stereocenters. The summed E-state index contributed by atoms with van der Waals surface area (Å²) < 4.78 is 27.6. The number of benzene rings is 1. The van der Waals surface area contributed by atoms with E-state index in [2.05, 4.69) is 15.6 Å². The Kier molecular flexibility index (Phi) is 5.36. The van der Waals surface area contributed by atoms with Crippen molar-refractivity contribution in [3.63, 3.8) is 0 Å². The minimum Gasteiger partial charge on any atom is -0.356 e. The normalized spacial score (nSPS) is 17.9. The van der Waals surface area contributed by atoms with Gasteiger partial charge in [-0.3, -0.25) is 9.59 Å². The van der Waals surface area contributed by atoms with Crippen LogP contribution in [-0.4, -0.2) is 35.8 Å². The van der Waals surface area contributed by atoms with Crippen molar-refractivity contribution in [3.05, 3.63) is 51.7 Å². The summed E-state index contributed by atoms with van der Waals surface area (Å²) in [5, 5.41) is 5.82. The second kappa shape index (κ2) is 7.83. The average molecular weight is 435 g/mol. The minimum atomic E-state index is -2.72. The van der Waals surface area contributed by atoms with Crippen LogP contribution in [0.1, 0.15) is 51.2 Å². The van der Waals surface area contributed by atoms with Gasteiger partial charge in [0, 0.05) is 43.7 Å². The summed E-state index contributed by atoms with van der Waals surface area (Å²) >= 11 is 6.21. The van der Waals surface area contributed by atoms with Crippen molar-refractivity contribution >= 4 is 34.9 Å².